The van der Waals surface area contributed by atoms with Gasteiger partial charge in [-0.2, -0.15) is 18.3 Å². The number of nitrogens with one attached hydrogen (secondary N) is 1. The number of carbonyl (C=O) groups excluding carboxylic acids is 1. The molecule has 0 spiro atoms. The number of carbonyl (C=O) groups is 1. The van der Waals surface area contributed by atoms with Crippen LogP contribution >= 0.6 is 0 Å². The van der Waals surface area contributed by atoms with E-state index in [0.717, 1.165) is 6.07 Å². The lowest BCUT2D eigenvalue weighted by Gasteiger charge is -2.13. The molecule has 0 fully saturated rings. The van der Waals surface area contributed by atoms with Gasteiger partial charge in [-0.05, 0) is 17.7 Å². The molecule has 0 bridgehead atoms. The van der Waals surface area contributed by atoms with Crippen LogP contribution in [-0.2, 0) is 12.6 Å². The predicted octanol–water partition coefficient (Wildman–Crippen LogP) is 2.63. The molecule has 0 aliphatic carbocycles. The minimum absolute atomic E-state index is 0.00786. The molecule has 8 heteroatoms. The van der Waals surface area contributed by atoms with Crippen molar-refractivity contribution in [2.24, 2.45) is 5.73 Å². The summed E-state index contributed by atoms with van der Waals surface area (Å²) in [6, 6.07) is 9.53. The molecule has 3 aromatic rings. The molecule has 3 rings (SSSR count). The normalized spacial score (nSPS) is 11.6. The number of hydrogen-bond donors (Lipinski definition) is 2. The lowest BCUT2D eigenvalue weighted by atomic mass is 9.98. The molecule has 1 aromatic heterocycles. The zero-order valence-electron chi connectivity index (χ0n) is 12.7. The molecule has 0 saturated carbocycles. The van der Waals surface area contributed by atoms with Gasteiger partial charge < -0.3 is 5.73 Å². The number of rotatable bonds is 3. The summed E-state index contributed by atoms with van der Waals surface area (Å²) in [5.41, 5.74) is 4.09. The summed E-state index contributed by atoms with van der Waals surface area (Å²) in [6.45, 7) is 0. The minimum Gasteiger partial charge on any atom is -0.366 e. The lowest BCUT2D eigenvalue weighted by Crippen LogP contribution is -2.19. The standard InChI is InChI=1S/C17H12F3N3O2/c18-17(19,20)12-7-2-1-4-9(12)8-13-10-5-3-6-11(15(21)24)14(10)16(25)23-22-13/h1-7H,8H2,(H2,21,24)(H,23,25). The third-order valence-corrected chi connectivity index (χ3v) is 3.84. The number of amides is 1. The summed E-state index contributed by atoms with van der Waals surface area (Å²) < 4.78 is 39.5. The molecule has 0 unspecified atom stereocenters. The van der Waals surface area contributed by atoms with E-state index < -0.39 is 23.2 Å². The van der Waals surface area contributed by atoms with Gasteiger partial charge >= 0.3 is 6.18 Å². The van der Waals surface area contributed by atoms with Gasteiger partial charge in [0, 0.05) is 11.8 Å². The van der Waals surface area contributed by atoms with E-state index in [1.165, 1.54) is 36.4 Å². The van der Waals surface area contributed by atoms with Crippen LogP contribution in [0.15, 0.2) is 47.3 Å². The van der Waals surface area contributed by atoms with E-state index in [9.17, 15) is 22.8 Å². The molecular weight excluding hydrogens is 335 g/mol. The van der Waals surface area contributed by atoms with Crippen molar-refractivity contribution < 1.29 is 18.0 Å². The molecule has 0 aliphatic rings. The number of alkyl halides is 3. The minimum atomic E-state index is -4.51. The summed E-state index contributed by atoms with van der Waals surface area (Å²) in [7, 11) is 0. The fourth-order valence-corrected chi connectivity index (χ4v) is 2.74. The molecule has 1 heterocycles. The third-order valence-electron chi connectivity index (χ3n) is 3.84. The van der Waals surface area contributed by atoms with Crippen LogP contribution in [0.4, 0.5) is 13.2 Å². The lowest BCUT2D eigenvalue weighted by molar-refractivity contribution is -0.138. The summed E-state index contributed by atoms with van der Waals surface area (Å²) in [6.07, 6.45) is -4.67. The average Bonchev–Trinajstić information content (AvgIpc) is 2.56. The van der Waals surface area contributed by atoms with Crippen molar-refractivity contribution in [3.8, 4) is 0 Å². The number of aromatic nitrogens is 2. The Labute approximate surface area is 139 Å². The Hall–Kier alpha value is -3.16. The second kappa shape index (κ2) is 6.04. The van der Waals surface area contributed by atoms with Gasteiger partial charge in [0.05, 0.1) is 22.2 Å². The third kappa shape index (κ3) is 3.10. The van der Waals surface area contributed by atoms with E-state index in [0.29, 0.717) is 0 Å². The number of nitrogens with two attached hydrogens (primary N) is 1. The van der Waals surface area contributed by atoms with Crippen LogP contribution in [0.2, 0.25) is 0 Å². The number of nitrogens with zero attached hydrogens (tertiary/aromatic N) is 1. The number of benzene rings is 2. The van der Waals surface area contributed by atoms with E-state index in [2.05, 4.69) is 10.2 Å². The Morgan fingerprint density at radius 2 is 1.84 bits per heavy atom. The van der Waals surface area contributed by atoms with Crippen LogP contribution in [0.5, 0.6) is 0 Å². The van der Waals surface area contributed by atoms with Crippen LogP contribution in [0, 0.1) is 0 Å². The number of hydrogen-bond acceptors (Lipinski definition) is 3. The van der Waals surface area contributed by atoms with Crippen molar-refractivity contribution in [3.63, 3.8) is 0 Å². The van der Waals surface area contributed by atoms with Crippen molar-refractivity contribution in [1.82, 2.24) is 10.2 Å². The maximum Gasteiger partial charge on any atom is 0.416 e. The molecule has 1 amide bonds. The van der Waals surface area contributed by atoms with Gasteiger partial charge in [0.25, 0.3) is 5.56 Å². The Bertz CT molecular complexity index is 1030. The van der Waals surface area contributed by atoms with Crippen molar-refractivity contribution in [3.05, 3.63) is 75.2 Å². The molecule has 3 N–H and O–H groups in total. The summed E-state index contributed by atoms with van der Waals surface area (Å²) in [4.78, 5) is 23.6. The van der Waals surface area contributed by atoms with E-state index in [-0.39, 0.29) is 34.0 Å². The second-order valence-electron chi connectivity index (χ2n) is 5.42. The molecule has 0 atom stereocenters. The number of aromatic amines is 1. The second-order valence-corrected chi connectivity index (χ2v) is 5.42. The number of halogens is 3. The van der Waals surface area contributed by atoms with E-state index in [4.69, 9.17) is 5.73 Å². The van der Waals surface area contributed by atoms with Gasteiger partial charge in [0.15, 0.2) is 0 Å². The Balaban J connectivity index is 2.20. The fraction of sp³-hybridized carbons (Fsp3) is 0.118. The zero-order chi connectivity index (χ0) is 18.2. The van der Waals surface area contributed by atoms with E-state index in [1.54, 1.807) is 0 Å². The van der Waals surface area contributed by atoms with Crippen molar-refractivity contribution >= 4 is 16.7 Å². The highest BCUT2D eigenvalue weighted by atomic mass is 19.4. The first kappa shape index (κ1) is 16.7. The van der Waals surface area contributed by atoms with Crippen molar-refractivity contribution in [2.45, 2.75) is 12.6 Å². The zero-order valence-corrected chi connectivity index (χ0v) is 12.7. The Morgan fingerprint density at radius 1 is 1.12 bits per heavy atom. The molecule has 25 heavy (non-hydrogen) atoms. The maximum absolute atomic E-state index is 13.2. The Morgan fingerprint density at radius 3 is 2.52 bits per heavy atom. The summed E-state index contributed by atoms with van der Waals surface area (Å²) >= 11 is 0. The molecule has 0 aliphatic heterocycles. The maximum atomic E-state index is 13.2. The van der Waals surface area contributed by atoms with Crippen LogP contribution in [-0.4, -0.2) is 16.1 Å². The molecule has 128 valence electrons. The number of H-pyrrole nitrogens is 1. The summed E-state index contributed by atoms with van der Waals surface area (Å²) in [5, 5.41) is 6.40. The largest absolute Gasteiger partial charge is 0.416 e. The van der Waals surface area contributed by atoms with Crippen LogP contribution in [0.1, 0.15) is 27.2 Å². The first-order valence-corrected chi connectivity index (χ1v) is 7.24. The smallest absolute Gasteiger partial charge is 0.366 e. The van der Waals surface area contributed by atoms with Crippen LogP contribution < -0.4 is 11.3 Å². The van der Waals surface area contributed by atoms with Crippen molar-refractivity contribution in [1.29, 1.82) is 0 Å². The highest BCUT2D eigenvalue weighted by molar-refractivity contribution is 6.06. The average molecular weight is 347 g/mol. The quantitative estimate of drug-likeness (QED) is 0.763. The Kier molecular flexibility index (Phi) is 4.03. The van der Waals surface area contributed by atoms with Crippen LogP contribution in [0.25, 0.3) is 10.8 Å². The molecule has 2 aromatic carbocycles. The first-order valence-electron chi connectivity index (χ1n) is 7.24. The summed E-state index contributed by atoms with van der Waals surface area (Å²) in [5.74, 6) is -0.802. The molecular formula is C17H12F3N3O2. The van der Waals surface area contributed by atoms with E-state index in [1.807, 2.05) is 0 Å². The predicted molar refractivity (Wildman–Crippen MR) is 85.1 cm³/mol. The number of primary amides is 1. The van der Waals surface area contributed by atoms with Gasteiger partial charge in [-0.1, -0.05) is 30.3 Å². The molecule has 0 radical (unpaired) electrons. The van der Waals surface area contributed by atoms with Gasteiger partial charge in [-0.15, -0.1) is 0 Å². The topological polar surface area (TPSA) is 88.8 Å². The van der Waals surface area contributed by atoms with Crippen LogP contribution in [0.3, 0.4) is 0 Å². The van der Waals surface area contributed by atoms with Gasteiger partial charge in [0.2, 0.25) is 5.91 Å². The number of fused-ring (bicyclic) bond motifs is 1. The SMILES string of the molecule is NC(=O)c1cccc2c(Cc3ccccc3C(F)(F)F)n[nH]c(=O)c12. The monoisotopic (exact) mass is 347 g/mol. The van der Waals surface area contributed by atoms with Gasteiger partial charge in [-0.25, -0.2) is 5.10 Å². The van der Waals surface area contributed by atoms with Gasteiger partial charge in [0.1, 0.15) is 0 Å². The highest BCUT2D eigenvalue weighted by Gasteiger charge is 2.33. The first-order chi connectivity index (χ1) is 11.8. The van der Waals surface area contributed by atoms with E-state index >= 15 is 0 Å². The highest BCUT2D eigenvalue weighted by Crippen LogP contribution is 2.33. The fourth-order valence-electron chi connectivity index (χ4n) is 2.74. The van der Waals surface area contributed by atoms with Crippen molar-refractivity contribution in [2.75, 3.05) is 0 Å². The van der Waals surface area contributed by atoms with Gasteiger partial charge in [-0.3, -0.25) is 9.59 Å². The molecule has 0 saturated heterocycles. The molecule has 5 nitrogen and oxygen atoms in total.